The summed E-state index contributed by atoms with van der Waals surface area (Å²) in [5.41, 5.74) is 6.09. The third kappa shape index (κ3) is 4.91. The van der Waals surface area contributed by atoms with Gasteiger partial charge in [-0.1, -0.05) is 60.7 Å². The number of rotatable bonds is 6. The molecule has 1 amide bonds. The van der Waals surface area contributed by atoms with Crippen LogP contribution in [0.4, 0.5) is 5.69 Å². The zero-order valence-electron chi connectivity index (χ0n) is 18.4. The number of amides is 1. The molecule has 0 unspecified atom stereocenters. The molecule has 1 aliphatic heterocycles. The van der Waals surface area contributed by atoms with Gasteiger partial charge in [0.05, 0.1) is 13.0 Å². The summed E-state index contributed by atoms with van der Waals surface area (Å²) in [6.45, 7) is 7.96. The van der Waals surface area contributed by atoms with Crippen LogP contribution in [-0.4, -0.2) is 43.6 Å². The summed E-state index contributed by atoms with van der Waals surface area (Å²) in [5, 5.41) is 0. The average molecular weight is 415 g/mol. The maximum Gasteiger partial charge on any atom is 0.226 e. The van der Waals surface area contributed by atoms with Gasteiger partial charge in [-0.05, 0) is 42.7 Å². The van der Waals surface area contributed by atoms with Gasteiger partial charge in [-0.2, -0.15) is 0 Å². The van der Waals surface area contributed by atoms with E-state index in [0.717, 1.165) is 43.1 Å². The first kappa shape index (κ1) is 21.0. The van der Waals surface area contributed by atoms with Crippen LogP contribution in [0, 0.1) is 13.8 Å². The van der Waals surface area contributed by atoms with Gasteiger partial charge in [0.2, 0.25) is 5.91 Å². The lowest BCUT2D eigenvalue weighted by atomic mass is 10.1. The van der Waals surface area contributed by atoms with E-state index in [1.807, 2.05) is 41.3 Å². The lowest BCUT2D eigenvalue weighted by molar-refractivity contribution is -0.132. The molecular weight excluding hydrogens is 384 g/mol. The van der Waals surface area contributed by atoms with E-state index in [0.29, 0.717) is 13.0 Å². The maximum absolute atomic E-state index is 12.7. The van der Waals surface area contributed by atoms with Crippen molar-refractivity contribution in [2.45, 2.75) is 20.3 Å². The molecule has 3 aromatic rings. The largest absolute Gasteiger partial charge is 0.492 e. The van der Waals surface area contributed by atoms with Gasteiger partial charge >= 0.3 is 0 Å². The molecule has 0 spiro atoms. The van der Waals surface area contributed by atoms with E-state index in [9.17, 15) is 4.79 Å². The Labute approximate surface area is 185 Å². The van der Waals surface area contributed by atoms with Gasteiger partial charge in [-0.15, -0.1) is 0 Å². The van der Waals surface area contributed by atoms with Gasteiger partial charge in [-0.25, -0.2) is 0 Å². The minimum absolute atomic E-state index is 0.165. The topological polar surface area (TPSA) is 32.8 Å². The number of anilines is 1. The van der Waals surface area contributed by atoms with Crippen molar-refractivity contribution >= 4 is 11.6 Å². The first-order valence-electron chi connectivity index (χ1n) is 11.0. The standard InChI is InChI=1S/C27H30N2O2/c1-21-9-8-13-25(22(21)2)28-16-18-29(19-17-28)27(30)15-20-31-26-14-7-6-12-24(26)23-10-4-3-5-11-23/h3-14H,15-20H2,1-2H3. The third-order valence-corrected chi connectivity index (χ3v) is 6.09. The number of carbonyl (C=O) groups excluding carboxylic acids is 1. The Balaban J connectivity index is 1.30. The van der Waals surface area contributed by atoms with Crippen molar-refractivity contribution in [1.82, 2.24) is 4.90 Å². The first-order valence-corrected chi connectivity index (χ1v) is 11.0. The zero-order valence-corrected chi connectivity index (χ0v) is 18.4. The number of ether oxygens (including phenoxy) is 1. The summed E-state index contributed by atoms with van der Waals surface area (Å²) >= 11 is 0. The Kier molecular flexibility index (Phi) is 6.56. The van der Waals surface area contributed by atoms with Crippen LogP contribution in [-0.2, 0) is 4.79 Å². The van der Waals surface area contributed by atoms with Crippen LogP contribution < -0.4 is 9.64 Å². The van der Waals surface area contributed by atoms with Crippen molar-refractivity contribution in [2.75, 3.05) is 37.7 Å². The molecule has 160 valence electrons. The molecule has 1 heterocycles. The second-order valence-corrected chi connectivity index (χ2v) is 8.05. The van der Waals surface area contributed by atoms with E-state index in [4.69, 9.17) is 4.74 Å². The van der Waals surface area contributed by atoms with Crippen LogP contribution in [0.25, 0.3) is 11.1 Å². The number of nitrogens with zero attached hydrogens (tertiary/aromatic N) is 2. The smallest absolute Gasteiger partial charge is 0.226 e. The molecule has 0 radical (unpaired) electrons. The molecule has 0 saturated carbocycles. The van der Waals surface area contributed by atoms with Crippen LogP contribution in [0.2, 0.25) is 0 Å². The van der Waals surface area contributed by atoms with Gasteiger partial charge in [0.15, 0.2) is 0 Å². The van der Waals surface area contributed by atoms with Crippen LogP contribution in [0.15, 0.2) is 72.8 Å². The zero-order chi connectivity index (χ0) is 21.6. The highest BCUT2D eigenvalue weighted by Gasteiger charge is 2.22. The normalized spacial score (nSPS) is 13.9. The van der Waals surface area contributed by atoms with E-state index in [1.165, 1.54) is 16.8 Å². The van der Waals surface area contributed by atoms with Gasteiger partial charge in [0.25, 0.3) is 0 Å². The SMILES string of the molecule is Cc1cccc(N2CCN(C(=O)CCOc3ccccc3-c3ccccc3)CC2)c1C. The number of aryl methyl sites for hydroxylation is 1. The van der Waals surface area contributed by atoms with Crippen LogP contribution in [0.3, 0.4) is 0 Å². The van der Waals surface area contributed by atoms with Crippen LogP contribution in [0.1, 0.15) is 17.5 Å². The fourth-order valence-corrected chi connectivity index (χ4v) is 4.13. The van der Waals surface area contributed by atoms with Crippen molar-refractivity contribution in [1.29, 1.82) is 0 Å². The predicted octanol–water partition coefficient (Wildman–Crippen LogP) is 5.09. The molecule has 1 aliphatic rings. The molecule has 3 aromatic carbocycles. The molecule has 1 saturated heterocycles. The molecular formula is C27H30N2O2. The summed E-state index contributed by atoms with van der Waals surface area (Å²) < 4.78 is 6.01. The van der Waals surface area contributed by atoms with Crippen molar-refractivity contribution < 1.29 is 9.53 Å². The quantitative estimate of drug-likeness (QED) is 0.563. The number of hydrogen-bond donors (Lipinski definition) is 0. The van der Waals surface area contributed by atoms with Gasteiger partial charge < -0.3 is 14.5 Å². The van der Waals surface area contributed by atoms with Gasteiger partial charge in [0.1, 0.15) is 5.75 Å². The summed E-state index contributed by atoms with van der Waals surface area (Å²) in [5.74, 6) is 0.985. The number of piperazine rings is 1. The number of carbonyl (C=O) groups is 1. The van der Waals surface area contributed by atoms with E-state index in [1.54, 1.807) is 0 Å². The summed E-state index contributed by atoms with van der Waals surface area (Å²) in [6.07, 6.45) is 0.395. The highest BCUT2D eigenvalue weighted by atomic mass is 16.5. The Morgan fingerprint density at radius 2 is 1.55 bits per heavy atom. The minimum Gasteiger partial charge on any atom is -0.492 e. The lowest BCUT2D eigenvalue weighted by Crippen LogP contribution is -2.49. The highest BCUT2D eigenvalue weighted by molar-refractivity contribution is 5.77. The van der Waals surface area contributed by atoms with Crippen molar-refractivity contribution in [3.8, 4) is 16.9 Å². The molecule has 4 nitrogen and oxygen atoms in total. The Morgan fingerprint density at radius 3 is 2.32 bits per heavy atom. The molecule has 1 fully saturated rings. The molecule has 0 atom stereocenters. The monoisotopic (exact) mass is 414 g/mol. The molecule has 4 rings (SSSR count). The minimum atomic E-state index is 0.165. The Bertz CT molecular complexity index is 1020. The molecule has 0 N–H and O–H groups in total. The Hall–Kier alpha value is -3.27. The van der Waals surface area contributed by atoms with Gasteiger partial charge in [0, 0.05) is 37.4 Å². The van der Waals surface area contributed by atoms with Crippen LogP contribution >= 0.6 is 0 Å². The van der Waals surface area contributed by atoms with Crippen molar-refractivity contribution in [3.05, 3.63) is 83.9 Å². The average Bonchev–Trinajstić information content (AvgIpc) is 2.82. The third-order valence-electron chi connectivity index (χ3n) is 6.09. The van der Waals surface area contributed by atoms with Crippen LogP contribution in [0.5, 0.6) is 5.75 Å². The first-order chi connectivity index (χ1) is 15.1. The molecule has 0 aromatic heterocycles. The van der Waals surface area contributed by atoms with Crippen molar-refractivity contribution in [3.63, 3.8) is 0 Å². The van der Waals surface area contributed by atoms with E-state index in [2.05, 4.69) is 55.1 Å². The second kappa shape index (κ2) is 9.69. The predicted molar refractivity (Wildman–Crippen MR) is 127 cm³/mol. The number of hydrogen-bond acceptors (Lipinski definition) is 3. The fraction of sp³-hybridized carbons (Fsp3) is 0.296. The van der Waals surface area contributed by atoms with Gasteiger partial charge in [-0.3, -0.25) is 4.79 Å². The number of benzene rings is 3. The molecule has 31 heavy (non-hydrogen) atoms. The summed E-state index contributed by atoms with van der Waals surface area (Å²) in [4.78, 5) is 17.1. The fourth-order valence-electron chi connectivity index (χ4n) is 4.13. The van der Waals surface area contributed by atoms with E-state index in [-0.39, 0.29) is 5.91 Å². The highest BCUT2D eigenvalue weighted by Crippen LogP contribution is 2.29. The Morgan fingerprint density at radius 1 is 0.839 bits per heavy atom. The second-order valence-electron chi connectivity index (χ2n) is 8.05. The maximum atomic E-state index is 12.7. The molecule has 0 aliphatic carbocycles. The molecule has 4 heteroatoms. The van der Waals surface area contributed by atoms with E-state index >= 15 is 0 Å². The molecule has 0 bridgehead atoms. The van der Waals surface area contributed by atoms with Crippen molar-refractivity contribution in [2.24, 2.45) is 0 Å². The number of para-hydroxylation sites is 1. The lowest BCUT2D eigenvalue weighted by Gasteiger charge is -2.37. The summed E-state index contributed by atoms with van der Waals surface area (Å²) in [6, 6.07) is 24.6. The van der Waals surface area contributed by atoms with E-state index < -0.39 is 0 Å². The summed E-state index contributed by atoms with van der Waals surface area (Å²) in [7, 11) is 0.